The molecule has 0 spiro atoms. The van der Waals surface area contributed by atoms with Gasteiger partial charge in [-0.05, 0) is 17.7 Å². The average molecular weight is 280 g/mol. The van der Waals surface area contributed by atoms with Gasteiger partial charge in [0.25, 0.3) is 5.92 Å². The topological polar surface area (TPSA) is 44.5 Å². The molecular weight excluding hydrogens is 264 g/mol. The Morgan fingerprint density at radius 3 is 2.28 bits per heavy atom. The van der Waals surface area contributed by atoms with Gasteiger partial charge in [0.05, 0.1) is 20.1 Å². The molecule has 2 unspecified atom stereocenters. The number of alkyl halides is 2. The van der Waals surface area contributed by atoms with Crippen LogP contribution in [-0.2, 0) is 0 Å². The maximum atomic E-state index is 13.4. The van der Waals surface area contributed by atoms with E-state index in [9.17, 15) is 8.78 Å². The Morgan fingerprint density at radius 2 is 1.83 bits per heavy atom. The van der Waals surface area contributed by atoms with Crippen LogP contribution in [0.15, 0.2) is 18.2 Å². The molecule has 102 valence electrons. The molecule has 2 atom stereocenters. The minimum absolute atomic E-state index is 0. The Labute approximate surface area is 111 Å². The summed E-state index contributed by atoms with van der Waals surface area (Å²) in [6.45, 7) is -0.00793. The van der Waals surface area contributed by atoms with E-state index in [-0.39, 0.29) is 19.0 Å². The maximum Gasteiger partial charge on any atom is 0.260 e. The number of rotatable bonds is 4. The molecule has 1 aromatic rings. The highest BCUT2D eigenvalue weighted by molar-refractivity contribution is 5.85. The second-order valence-corrected chi connectivity index (χ2v) is 4.11. The largest absolute Gasteiger partial charge is 0.493 e. The van der Waals surface area contributed by atoms with Crippen molar-refractivity contribution in [2.75, 3.05) is 20.8 Å². The van der Waals surface area contributed by atoms with Crippen molar-refractivity contribution in [3.63, 3.8) is 0 Å². The van der Waals surface area contributed by atoms with Crippen LogP contribution in [0.5, 0.6) is 11.5 Å². The van der Waals surface area contributed by atoms with E-state index in [0.717, 1.165) is 0 Å². The van der Waals surface area contributed by atoms with Crippen molar-refractivity contribution in [1.29, 1.82) is 0 Å². The molecule has 0 bridgehead atoms. The summed E-state index contributed by atoms with van der Waals surface area (Å²) in [5, 5.41) is 0. The molecule has 18 heavy (non-hydrogen) atoms. The quantitative estimate of drug-likeness (QED) is 0.921. The minimum Gasteiger partial charge on any atom is -0.493 e. The summed E-state index contributed by atoms with van der Waals surface area (Å²) < 4.78 is 37.0. The molecule has 1 saturated carbocycles. The number of hydrogen-bond donors (Lipinski definition) is 1. The molecule has 1 aromatic carbocycles. The van der Waals surface area contributed by atoms with Crippen molar-refractivity contribution in [3.05, 3.63) is 23.8 Å². The lowest BCUT2D eigenvalue weighted by Gasteiger charge is -2.09. The number of ether oxygens (including phenoxy) is 2. The monoisotopic (exact) mass is 279 g/mol. The van der Waals surface area contributed by atoms with E-state index in [0.29, 0.717) is 17.1 Å². The van der Waals surface area contributed by atoms with Crippen molar-refractivity contribution >= 4 is 12.4 Å². The zero-order valence-electron chi connectivity index (χ0n) is 10.2. The van der Waals surface area contributed by atoms with Crippen LogP contribution in [0.2, 0.25) is 0 Å². The molecule has 6 heteroatoms. The Morgan fingerprint density at radius 1 is 1.22 bits per heavy atom. The molecule has 0 heterocycles. The Hall–Kier alpha value is -1.07. The van der Waals surface area contributed by atoms with E-state index in [1.807, 2.05) is 0 Å². The number of halogens is 3. The van der Waals surface area contributed by atoms with Crippen LogP contribution in [0.1, 0.15) is 11.5 Å². The third kappa shape index (κ3) is 2.24. The number of hydrogen-bond acceptors (Lipinski definition) is 3. The van der Waals surface area contributed by atoms with Crippen molar-refractivity contribution in [2.45, 2.75) is 11.8 Å². The summed E-state index contributed by atoms with van der Waals surface area (Å²) in [6, 6.07) is 4.86. The van der Waals surface area contributed by atoms with Crippen LogP contribution in [-0.4, -0.2) is 26.7 Å². The Kier molecular flexibility index (Phi) is 4.40. The SMILES string of the molecule is COc1ccc(C2C(CN)C2(F)F)cc1OC.Cl. The van der Waals surface area contributed by atoms with Gasteiger partial charge in [-0.25, -0.2) is 8.78 Å². The molecule has 0 radical (unpaired) electrons. The summed E-state index contributed by atoms with van der Waals surface area (Å²) in [4.78, 5) is 0. The second kappa shape index (κ2) is 5.28. The third-order valence-corrected chi connectivity index (χ3v) is 3.22. The summed E-state index contributed by atoms with van der Waals surface area (Å²) in [5.74, 6) is -3.27. The van der Waals surface area contributed by atoms with E-state index in [4.69, 9.17) is 15.2 Å². The van der Waals surface area contributed by atoms with Gasteiger partial charge < -0.3 is 15.2 Å². The van der Waals surface area contributed by atoms with Crippen LogP contribution < -0.4 is 15.2 Å². The van der Waals surface area contributed by atoms with Crippen LogP contribution in [0.3, 0.4) is 0 Å². The molecule has 3 nitrogen and oxygen atoms in total. The van der Waals surface area contributed by atoms with Gasteiger partial charge in [-0.3, -0.25) is 0 Å². The van der Waals surface area contributed by atoms with Gasteiger partial charge >= 0.3 is 0 Å². The van der Waals surface area contributed by atoms with Crippen molar-refractivity contribution in [2.24, 2.45) is 11.7 Å². The van der Waals surface area contributed by atoms with Gasteiger partial charge in [0, 0.05) is 12.5 Å². The fourth-order valence-electron chi connectivity index (χ4n) is 2.18. The summed E-state index contributed by atoms with van der Waals surface area (Å²) >= 11 is 0. The molecule has 1 aliphatic carbocycles. The lowest BCUT2D eigenvalue weighted by Crippen LogP contribution is -2.06. The highest BCUT2D eigenvalue weighted by Gasteiger charge is 2.67. The predicted molar refractivity (Wildman–Crippen MR) is 67.0 cm³/mol. The highest BCUT2D eigenvalue weighted by Crippen LogP contribution is 2.61. The zero-order chi connectivity index (χ0) is 12.6. The molecule has 2 rings (SSSR count). The van der Waals surface area contributed by atoms with Crippen LogP contribution in [0.4, 0.5) is 8.78 Å². The number of benzene rings is 1. The van der Waals surface area contributed by atoms with E-state index in [1.165, 1.54) is 14.2 Å². The van der Waals surface area contributed by atoms with Gasteiger partial charge in [-0.2, -0.15) is 0 Å². The van der Waals surface area contributed by atoms with Crippen LogP contribution >= 0.6 is 12.4 Å². The first kappa shape index (κ1) is 15.0. The summed E-state index contributed by atoms with van der Waals surface area (Å²) in [6.07, 6.45) is 0. The average Bonchev–Trinajstić information content (AvgIpc) is 2.90. The first-order chi connectivity index (χ1) is 8.06. The maximum absolute atomic E-state index is 13.4. The molecule has 1 fully saturated rings. The molecule has 0 aromatic heterocycles. The van der Waals surface area contributed by atoms with Crippen molar-refractivity contribution < 1.29 is 18.3 Å². The normalized spacial score (nSPS) is 24.1. The van der Waals surface area contributed by atoms with E-state index >= 15 is 0 Å². The standard InChI is InChI=1S/C12H15F2NO2.ClH/c1-16-9-4-3-7(5-10(9)17-2)11-8(6-15)12(11,13)14;/h3-5,8,11H,6,15H2,1-2H3;1H. The second-order valence-electron chi connectivity index (χ2n) is 4.11. The fraction of sp³-hybridized carbons (Fsp3) is 0.500. The molecule has 0 saturated heterocycles. The highest BCUT2D eigenvalue weighted by atomic mass is 35.5. The number of nitrogens with two attached hydrogens (primary N) is 1. The van der Waals surface area contributed by atoms with E-state index in [2.05, 4.69) is 0 Å². The third-order valence-electron chi connectivity index (χ3n) is 3.22. The van der Waals surface area contributed by atoms with Crippen LogP contribution in [0, 0.1) is 5.92 Å². The lowest BCUT2D eigenvalue weighted by atomic mass is 10.1. The number of methoxy groups -OCH3 is 2. The minimum atomic E-state index is -2.70. The first-order valence-electron chi connectivity index (χ1n) is 5.36. The molecule has 2 N–H and O–H groups in total. The van der Waals surface area contributed by atoms with Gasteiger partial charge in [0.2, 0.25) is 0 Å². The molecule has 0 amide bonds. The molecular formula is C12H16ClF2NO2. The zero-order valence-corrected chi connectivity index (χ0v) is 11.0. The summed E-state index contributed by atoms with van der Waals surface area (Å²) in [7, 11) is 2.99. The Bertz CT molecular complexity index is 429. The smallest absolute Gasteiger partial charge is 0.260 e. The fourth-order valence-corrected chi connectivity index (χ4v) is 2.18. The molecule has 0 aliphatic heterocycles. The van der Waals surface area contributed by atoms with Gasteiger partial charge in [0.15, 0.2) is 11.5 Å². The van der Waals surface area contributed by atoms with E-state index in [1.54, 1.807) is 18.2 Å². The van der Waals surface area contributed by atoms with Gasteiger partial charge in [0.1, 0.15) is 0 Å². The van der Waals surface area contributed by atoms with Crippen molar-refractivity contribution in [3.8, 4) is 11.5 Å². The molecule has 1 aliphatic rings. The van der Waals surface area contributed by atoms with Gasteiger partial charge in [-0.15, -0.1) is 12.4 Å². The lowest BCUT2D eigenvalue weighted by molar-refractivity contribution is 0.0947. The van der Waals surface area contributed by atoms with E-state index < -0.39 is 17.8 Å². The first-order valence-corrected chi connectivity index (χ1v) is 5.36. The predicted octanol–water partition coefficient (Wildman–Crippen LogP) is 2.43. The van der Waals surface area contributed by atoms with Crippen molar-refractivity contribution in [1.82, 2.24) is 0 Å². The summed E-state index contributed by atoms with van der Waals surface area (Å²) in [5.41, 5.74) is 5.87. The Balaban J connectivity index is 0.00000162. The van der Waals surface area contributed by atoms with Gasteiger partial charge in [-0.1, -0.05) is 6.07 Å². The van der Waals surface area contributed by atoms with Crippen LogP contribution in [0.25, 0.3) is 0 Å².